The van der Waals surface area contributed by atoms with E-state index in [1.807, 2.05) is 32.9 Å². The SMILES string of the molecule is Cc1ccc([N+](=O)[O-])c(OCc2cc(=O)oc3c(C)c(C)ccc23)c1. The lowest BCUT2D eigenvalue weighted by atomic mass is 10.0. The van der Waals surface area contributed by atoms with Crippen molar-refractivity contribution in [2.24, 2.45) is 0 Å². The van der Waals surface area contributed by atoms with Gasteiger partial charge in [0.2, 0.25) is 0 Å². The summed E-state index contributed by atoms with van der Waals surface area (Å²) >= 11 is 0. The first-order valence-electron chi connectivity index (χ1n) is 7.77. The average molecular weight is 339 g/mol. The fourth-order valence-electron chi connectivity index (χ4n) is 2.69. The zero-order valence-corrected chi connectivity index (χ0v) is 14.2. The summed E-state index contributed by atoms with van der Waals surface area (Å²) in [5.74, 6) is 0.176. The molecule has 0 bridgehead atoms. The van der Waals surface area contributed by atoms with Gasteiger partial charge < -0.3 is 9.15 Å². The maximum absolute atomic E-state index is 11.9. The van der Waals surface area contributed by atoms with E-state index in [9.17, 15) is 14.9 Å². The summed E-state index contributed by atoms with van der Waals surface area (Å²) in [5.41, 5.74) is 3.32. The second kappa shape index (κ2) is 6.39. The van der Waals surface area contributed by atoms with Crippen molar-refractivity contribution in [1.29, 1.82) is 0 Å². The third-order valence-corrected chi connectivity index (χ3v) is 4.21. The van der Waals surface area contributed by atoms with Crippen molar-refractivity contribution in [3.63, 3.8) is 0 Å². The highest BCUT2D eigenvalue weighted by atomic mass is 16.6. The summed E-state index contributed by atoms with van der Waals surface area (Å²) in [6.07, 6.45) is 0. The van der Waals surface area contributed by atoms with Gasteiger partial charge >= 0.3 is 11.3 Å². The molecule has 0 aliphatic rings. The van der Waals surface area contributed by atoms with Gasteiger partial charge in [0.15, 0.2) is 5.75 Å². The van der Waals surface area contributed by atoms with E-state index in [1.165, 1.54) is 12.1 Å². The summed E-state index contributed by atoms with van der Waals surface area (Å²) in [7, 11) is 0. The van der Waals surface area contributed by atoms with Gasteiger partial charge in [0.05, 0.1) is 4.92 Å². The van der Waals surface area contributed by atoms with Crippen LogP contribution in [0.4, 0.5) is 5.69 Å². The molecule has 0 saturated carbocycles. The maximum atomic E-state index is 11.9. The third kappa shape index (κ3) is 3.24. The largest absolute Gasteiger partial charge is 0.482 e. The molecule has 3 rings (SSSR count). The third-order valence-electron chi connectivity index (χ3n) is 4.21. The molecule has 1 aromatic heterocycles. The summed E-state index contributed by atoms with van der Waals surface area (Å²) < 4.78 is 11.0. The van der Waals surface area contributed by atoms with Crippen LogP contribution in [-0.4, -0.2) is 4.92 Å². The molecule has 25 heavy (non-hydrogen) atoms. The number of nitro benzene ring substituents is 1. The summed E-state index contributed by atoms with van der Waals surface area (Å²) in [4.78, 5) is 22.5. The second-order valence-electron chi connectivity index (χ2n) is 5.99. The van der Waals surface area contributed by atoms with Crippen LogP contribution in [0.5, 0.6) is 5.75 Å². The zero-order valence-electron chi connectivity index (χ0n) is 14.2. The molecule has 0 atom stereocenters. The van der Waals surface area contributed by atoms with Crippen molar-refractivity contribution < 1.29 is 14.1 Å². The van der Waals surface area contributed by atoms with E-state index in [2.05, 4.69) is 0 Å². The van der Waals surface area contributed by atoms with Gasteiger partial charge in [0.1, 0.15) is 12.2 Å². The van der Waals surface area contributed by atoms with Crippen molar-refractivity contribution in [3.8, 4) is 5.75 Å². The van der Waals surface area contributed by atoms with E-state index < -0.39 is 10.5 Å². The Morgan fingerprint density at radius 1 is 1.12 bits per heavy atom. The van der Waals surface area contributed by atoms with Crippen LogP contribution >= 0.6 is 0 Å². The molecule has 128 valence electrons. The highest BCUT2D eigenvalue weighted by Crippen LogP contribution is 2.30. The highest BCUT2D eigenvalue weighted by molar-refractivity contribution is 5.83. The summed E-state index contributed by atoms with van der Waals surface area (Å²) in [6.45, 7) is 5.69. The monoisotopic (exact) mass is 339 g/mol. The smallest absolute Gasteiger partial charge is 0.336 e. The molecule has 1 heterocycles. The summed E-state index contributed by atoms with van der Waals surface area (Å²) in [6, 6.07) is 9.85. The fourth-order valence-corrected chi connectivity index (χ4v) is 2.69. The van der Waals surface area contributed by atoms with Crippen LogP contribution in [0, 0.1) is 30.9 Å². The van der Waals surface area contributed by atoms with Crippen LogP contribution < -0.4 is 10.4 Å². The molecule has 6 heteroatoms. The molecule has 0 spiro atoms. The number of hydrogen-bond acceptors (Lipinski definition) is 5. The fraction of sp³-hybridized carbons (Fsp3) is 0.211. The maximum Gasteiger partial charge on any atom is 0.336 e. The van der Waals surface area contributed by atoms with E-state index in [-0.39, 0.29) is 18.0 Å². The predicted molar refractivity (Wildman–Crippen MR) is 94.1 cm³/mol. The van der Waals surface area contributed by atoms with Gasteiger partial charge in [-0.2, -0.15) is 0 Å². The number of benzene rings is 2. The van der Waals surface area contributed by atoms with Gasteiger partial charge in [0, 0.05) is 23.1 Å². The van der Waals surface area contributed by atoms with Crippen LogP contribution in [0.3, 0.4) is 0 Å². The van der Waals surface area contributed by atoms with E-state index in [0.717, 1.165) is 22.1 Å². The Hall–Kier alpha value is -3.15. The lowest BCUT2D eigenvalue weighted by molar-refractivity contribution is -0.386. The minimum absolute atomic E-state index is 0.0366. The molecule has 0 unspecified atom stereocenters. The lowest BCUT2D eigenvalue weighted by Gasteiger charge is -2.11. The van der Waals surface area contributed by atoms with Crippen LogP contribution in [0.25, 0.3) is 11.0 Å². The number of aryl methyl sites for hydroxylation is 3. The van der Waals surface area contributed by atoms with Crippen LogP contribution in [0.2, 0.25) is 0 Å². The van der Waals surface area contributed by atoms with Crippen molar-refractivity contribution in [1.82, 2.24) is 0 Å². The van der Waals surface area contributed by atoms with E-state index >= 15 is 0 Å². The molecule has 6 nitrogen and oxygen atoms in total. The molecule has 0 amide bonds. The molecule has 0 aliphatic carbocycles. The van der Waals surface area contributed by atoms with Gasteiger partial charge in [-0.25, -0.2) is 4.79 Å². The molecule has 0 N–H and O–H groups in total. The minimum Gasteiger partial charge on any atom is -0.482 e. The predicted octanol–water partition coefficient (Wildman–Crippen LogP) is 4.21. The molecule has 0 fully saturated rings. The number of fused-ring (bicyclic) bond motifs is 1. The minimum atomic E-state index is -0.486. The Kier molecular flexibility index (Phi) is 4.27. The Balaban J connectivity index is 2.03. The Morgan fingerprint density at radius 2 is 1.88 bits per heavy atom. The van der Waals surface area contributed by atoms with Crippen LogP contribution in [-0.2, 0) is 6.61 Å². The Labute approximate surface area is 143 Å². The zero-order chi connectivity index (χ0) is 18.1. The Morgan fingerprint density at radius 3 is 2.60 bits per heavy atom. The first-order valence-corrected chi connectivity index (χ1v) is 7.77. The topological polar surface area (TPSA) is 82.6 Å². The van der Waals surface area contributed by atoms with Crippen molar-refractivity contribution in [3.05, 3.63) is 79.2 Å². The number of rotatable bonds is 4. The molecule has 0 saturated heterocycles. The van der Waals surface area contributed by atoms with Gasteiger partial charge in [-0.3, -0.25) is 10.1 Å². The number of nitro groups is 1. The normalized spacial score (nSPS) is 10.8. The first kappa shape index (κ1) is 16.7. The van der Waals surface area contributed by atoms with Gasteiger partial charge in [0.25, 0.3) is 0 Å². The first-order chi connectivity index (χ1) is 11.9. The number of ether oxygens (including phenoxy) is 1. The van der Waals surface area contributed by atoms with Crippen LogP contribution in [0.1, 0.15) is 22.3 Å². The molecular weight excluding hydrogens is 322 g/mol. The summed E-state index contributed by atoms with van der Waals surface area (Å²) in [5, 5.41) is 11.9. The molecule has 2 aromatic carbocycles. The van der Waals surface area contributed by atoms with Gasteiger partial charge in [-0.15, -0.1) is 0 Å². The van der Waals surface area contributed by atoms with E-state index in [0.29, 0.717) is 11.1 Å². The van der Waals surface area contributed by atoms with Crippen LogP contribution in [0.15, 0.2) is 45.6 Å². The Bertz CT molecular complexity index is 1040. The standard InChI is InChI=1S/C19H17NO5/c1-11-4-7-16(20(22)23)17(8-11)24-10-14-9-18(21)25-19-13(3)12(2)5-6-15(14)19/h4-9H,10H2,1-3H3. The molecule has 0 aliphatic heterocycles. The molecule has 3 aromatic rings. The quantitative estimate of drug-likeness (QED) is 0.404. The van der Waals surface area contributed by atoms with E-state index in [4.69, 9.17) is 9.15 Å². The van der Waals surface area contributed by atoms with Gasteiger partial charge in [-0.05, 0) is 43.5 Å². The van der Waals surface area contributed by atoms with Crippen molar-refractivity contribution in [2.45, 2.75) is 27.4 Å². The lowest BCUT2D eigenvalue weighted by Crippen LogP contribution is -2.06. The van der Waals surface area contributed by atoms with E-state index in [1.54, 1.807) is 12.1 Å². The van der Waals surface area contributed by atoms with Crippen molar-refractivity contribution >= 4 is 16.7 Å². The average Bonchev–Trinajstić information content (AvgIpc) is 2.56. The number of nitrogens with zero attached hydrogens (tertiary/aromatic N) is 1. The highest BCUT2D eigenvalue weighted by Gasteiger charge is 2.16. The number of hydrogen-bond donors (Lipinski definition) is 0. The second-order valence-corrected chi connectivity index (χ2v) is 5.99. The molecule has 0 radical (unpaired) electrons. The van der Waals surface area contributed by atoms with Gasteiger partial charge in [-0.1, -0.05) is 18.2 Å². The molecular formula is C19H17NO5. The van der Waals surface area contributed by atoms with Crippen molar-refractivity contribution in [2.75, 3.05) is 0 Å².